The van der Waals surface area contributed by atoms with Crippen LogP contribution in [0.25, 0.3) is 0 Å². The molecule has 9 heavy (non-hydrogen) atoms. The third kappa shape index (κ3) is 2.06. The summed E-state index contributed by atoms with van der Waals surface area (Å²) in [7, 11) is 0. The number of hydrogen-bond acceptors (Lipinski definition) is 0. The van der Waals surface area contributed by atoms with Gasteiger partial charge in [-0.25, -0.2) is 4.39 Å². The van der Waals surface area contributed by atoms with Crippen molar-refractivity contribution in [2.75, 3.05) is 0 Å². The van der Waals surface area contributed by atoms with Crippen LogP contribution in [0.5, 0.6) is 0 Å². The van der Waals surface area contributed by atoms with Crippen LogP contribution < -0.4 is 0 Å². The van der Waals surface area contributed by atoms with Crippen molar-refractivity contribution in [1.82, 2.24) is 0 Å². The van der Waals surface area contributed by atoms with Crippen LogP contribution in [0.2, 0.25) is 0 Å². The zero-order valence-corrected chi connectivity index (χ0v) is 7.46. The Hall–Kier alpha value is 0.110. The van der Waals surface area contributed by atoms with Crippen LogP contribution in [0.15, 0.2) is 21.1 Å². The smallest absolute Gasteiger partial charge is 0.133 e. The van der Waals surface area contributed by atoms with Gasteiger partial charge in [0.15, 0.2) is 0 Å². The van der Waals surface area contributed by atoms with Gasteiger partial charge in [-0.05, 0) is 12.1 Å². The Balaban J connectivity index is 3.17. The lowest BCUT2D eigenvalue weighted by molar-refractivity contribution is 0.623. The molecule has 0 aromatic heterocycles. The molecule has 0 aliphatic heterocycles. The van der Waals surface area contributed by atoms with E-state index in [4.69, 9.17) is 0 Å². The number of benzene rings is 1. The van der Waals surface area contributed by atoms with E-state index < -0.39 is 0 Å². The molecular weight excluding hydrogens is 251 g/mol. The van der Waals surface area contributed by atoms with E-state index in [2.05, 4.69) is 37.9 Å². The van der Waals surface area contributed by atoms with Crippen molar-refractivity contribution in [2.24, 2.45) is 0 Å². The van der Waals surface area contributed by atoms with E-state index in [0.717, 1.165) is 0 Å². The van der Waals surface area contributed by atoms with Crippen LogP contribution in [0.4, 0.5) is 4.39 Å². The highest BCUT2D eigenvalue weighted by Gasteiger charge is 1.94. The fraction of sp³-hybridized carbons (Fsp3) is 0. The lowest BCUT2D eigenvalue weighted by Gasteiger charge is -1.90. The Bertz CT molecular complexity index is 172. The first-order valence-electron chi connectivity index (χ1n) is 2.22. The summed E-state index contributed by atoms with van der Waals surface area (Å²) in [5.41, 5.74) is 0. The summed E-state index contributed by atoms with van der Waals surface area (Å²) >= 11 is 6.21. The van der Waals surface area contributed by atoms with E-state index >= 15 is 0 Å². The van der Waals surface area contributed by atoms with Crippen LogP contribution in [-0.2, 0) is 0 Å². The van der Waals surface area contributed by atoms with E-state index in [1.165, 1.54) is 6.07 Å². The number of rotatable bonds is 0. The summed E-state index contributed by atoms with van der Waals surface area (Å²) in [4.78, 5) is 0. The lowest BCUT2D eigenvalue weighted by Crippen LogP contribution is -1.73. The van der Waals surface area contributed by atoms with Crippen LogP contribution in [0, 0.1) is 11.9 Å². The zero-order chi connectivity index (χ0) is 6.85. The van der Waals surface area contributed by atoms with Gasteiger partial charge in [0, 0.05) is 15.0 Å². The second kappa shape index (κ2) is 2.80. The Morgan fingerprint density at radius 3 is 2.44 bits per heavy atom. The first kappa shape index (κ1) is 7.22. The normalized spacial score (nSPS) is 9.67. The van der Waals surface area contributed by atoms with Crippen LogP contribution >= 0.6 is 31.9 Å². The maximum absolute atomic E-state index is 12.3. The minimum Gasteiger partial charge on any atom is -0.206 e. The summed E-state index contributed by atoms with van der Waals surface area (Å²) in [6.45, 7) is 0. The topological polar surface area (TPSA) is 0 Å². The molecule has 0 bridgehead atoms. The minimum atomic E-state index is -0.365. The van der Waals surface area contributed by atoms with E-state index in [1.54, 1.807) is 6.07 Å². The molecule has 1 aromatic carbocycles. The van der Waals surface area contributed by atoms with Gasteiger partial charge in [-0.3, -0.25) is 0 Å². The molecule has 3 heteroatoms. The van der Waals surface area contributed by atoms with Gasteiger partial charge >= 0.3 is 0 Å². The van der Waals surface area contributed by atoms with Gasteiger partial charge in [-0.1, -0.05) is 31.9 Å². The fourth-order valence-corrected chi connectivity index (χ4v) is 1.64. The monoisotopic (exact) mass is 251 g/mol. The van der Waals surface area contributed by atoms with Crippen molar-refractivity contribution >= 4 is 31.9 Å². The molecule has 0 amide bonds. The highest BCUT2D eigenvalue weighted by Crippen LogP contribution is 2.17. The average Bonchev–Trinajstić information content (AvgIpc) is 1.59. The molecule has 1 rings (SSSR count). The molecule has 1 aromatic rings. The Kier molecular flexibility index (Phi) is 2.24. The standard InChI is InChI=1S/C6H2Br2F/c7-4-1-5(8)3-6(9)2-4/h1-2H. The quantitative estimate of drug-likeness (QED) is 0.666. The predicted octanol–water partition coefficient (Wildman–Crippen LogP) is 3.15. The summed E-state index contributed by atoms with van der Waals surface area (Å²) in [5, 5.41) is 0. The van der Waals surface area contributed by atoms with E-state index in [-0.39, 0.29) is 5.82 Å². The molecule has 0 saturated heterocycles. The molecule has 0 fully saturated rings. The van der Waals surface area contributed by atoms with Crippen molar-refractivity contribution in [2.45, 2.75) is 0 Å². The van der Waals surface area contributed by atoms with E-state index in [1.807, 2.05) is 0 Å². The minimum absolute atomic E-state index is 0.365. The molecule has 47 valence electrons. The van der Waals surface area contributed by atoms with Crippen molar-refractivity contribution in [3.8, 4) is 0 Å². The number of halogens is 3. The molecule has 0 saturated carbocycles. The second-order valence-electron chi connectivity index (χ2n) is 1.49. The van der Waals surface area contributed by atoms with Gasteiger partial charge < -0.3 is 0 Å². The Labute approximate surface area is 69.3 Å². The molecule has 1 radical (unpaired) electrons. The lowest BCUT2D eigenvalue weighted by atomic mass is 10.4. The van der Waals surface area contributed by atoms with Crippen molar-refractivity contribution in [3.63, 3.8) is 0 Å². The van der Waals surface area contributed by atoms with E-state index in [9.17, 15) is 4.39 Å². The maximum atomic E-state index is 12.3. The highest BCUT2D eigenvalue weighted by atomic mass is 79.9. The third-order valence-electron chi connectivity index (χ3n) is 0.768. The van der Waals surface area contributed by atoms with Crippen molar-refractivity contribution < 1.29 is 4.39 Å². The molecule has 0 spiro atoms. The molecule has 0 nitrogen and oxygen atoms in total. The van der Waals surface area contributed by atoms with Crippen LogP contribution in [-0.4, -0.2) is 0 Å². The average molecular weight is 253 g/mol. The zero-order valence-electron chi connectivity index (χ0n) is 4.29. The van der Waals surface area contributed by atoms with Gasteiger partial charge in [-0.2, -0.15) is 0 Å². The maximum Gasteiger partial charge on any atom is 0.133 e. The Morgan fingerprint density at radius 2 is 2.00 bits per heavy atom. The van der Waals surface area contributed by atoms with Crippen LogP contribution in [0.3, 0.4) is 0 Å². The van der Waals surface area contributed by atoms with Gasteiger partial charge in [-0.15, -0.1) is 0 Å². The van der Waals surface area contributed by atoms with Gasteiger partial charge in [0.1, 0.15) is 5.82 Å². The molecule has 0 atom stereocenters. The number of hydrogen-bond donors (Lipinski definition) is 0. The van der Waals surface area contributed by atoms with Gasteiger partial charge in [0.25, 0.3) is 0 Å². The van der Waals surface area contributed by atoms with Crippen molar-refractivity contribution in [1.29, 1.82) is 0 Å². The molecule has 0 aliphatic rings. The van der Waals surface area contributed by atoms with Gasteiger partial charge in [0.2, 0.25) is 0 Å². The third-order valence-corrected chi connectivity index (χ3v) is 1.65. The van der Waals surface area contributed by atoms with Crippen LogP contribution in [0.1, 0.15) is 0 Å². The first-order valence-corrected chi connectivity index (χ1v) is 3.81. The molecule has 0 heterocycles. The molecule has 0 aliphatic carbocycles. The van der Waals surface area contributed by atoms with E-state index in [0.29, 0.717) is 8.95 Å². The molecule has 0 N–H and O–H groups in total. The summed E-state index contributed by atoms with van der Waals surface area (Å²) in [6, 6.07) is 5.51. The second-order valence-corrected chi connectivity index (χ2v) is 3.26. The first-order chi connectivity index (χ1) is 4.18. The molecular formula is C6H2Br2F. The SMILES string of the molecule is Fc1[c]c(Br)cc(Br)c1. The highest BCUT2D eigenvalue weighted by molar-refractivity contribution is 9.11. The fourth-order valence-electron chi connectivity index (χ4n) is 0.470. The molecule has 0 unspecified atom stereocenters. The Morgan fingerprint density at radius 1 is 1.33 bits per heavy atom. The summed E-state index contributed by atoms with van der Waals surface area (Å²) in [5.74, 6) is -0.365. The summed E-state index contributed by atoms with van der Waals surface area (Å²) in [6.07, 6.45) is 0. The summed E-state index contributed by atoms with van der Waals surface area (Å²) < 4.78 is 13.6. The predicted molar refractivity (Wildman–Crippen MR) is 40.6 cm³/mol. The largest absolute Gasteiger partial charge is 0.206 e. The van der Waals surface area contributed by atoms with Gasteiger partial charge in [0.05, 0.1) is 0 Å². The van der Waals surface area contributed by atoms with Crippen molar-refractivity contribution in [3.05, 3.63) is 33.0 Å².